The van der Waals surface area contributed by atoms with Gasteiger partial charge in [-0.15, -0.1) is 0 Å². The van der Waals surface area contributed by atoms with Gasteiger partial charge < -0.3 is 5.32 Å². The highest BCUT2D eigenvalue weighted by atomic mass is 79.9. The van der Waals surface area contributed by atoms with E-state index < -0.39 is 17.6 Å². The van der Waals surface area contributed by atoms with E-state index in [1.807, 2.05) is 11.8 Å². The third-order valence-corrected chi connectivity index (χ3v) is 5.17. The summed E-state index contributed by atoms with van der Waals surface area (Å²) in [5, 5.41) is 2.74. The summed E-state index contributed by atoms with van der Waals surface area (Å²) in [6.07, 6.45) is -2.39. The summed E-state index contributed by atoms with van der Waals surface area (Å²) in [5.41, 5.74) is -0.792. The summed E-state index contributed by atoms with van der Waals surface area (Å²) >= 11 is 4.76. The molecule has 0 atom stereocenters. The molecular weight excluding hydrogens is 367 g/mol. The number of alkyl halides is 3. The molecule has 1 fully saturated rings. The normalized spacial score (nSPS) is 16.8. The minimum absolute atomic E-state index is 0.0377. The maximum atomic E-state index is 12.8. The van der Waals surface area contributed by atoms with E-state index in [0.717, 1.165) is 30.4 Å². The summed E-state index contributed by atoms with van der Waals surface area (Å²) in [5.74, 6) is 2.13. The molecule has 2 rings (SSSR count). The van der Waals surface area contributed by atoms with Gasteiger partial charge in [0, 0.05) is 16.6 Å². The highest BCUT2D eigenvalue weighted by Crippen LogP contribution is 2.35. The quantitative estimate of drug-likeness (QED) is 0.843. The lowest BCUT2D eigenvalue weighted by Gasteiger charge is -2.21. The number of thioether (sulfide) groups is 1. The van der Waals surface area contributed by atoms with Crippen molar-refractivity contribution in [2.24, 2.45) is 5.92 Å². The van der Waals surface area contributed by atoms with Crippen molar-refractivity contribution in [3.8, 4) is 0 Å². The van der Waals surface area contributed by atoms with Crippen LogP contribution >= 0.6 is 27.7 Å². The molecule has 1 aromatic carbocycles. The summed E-state index contributed by atoms with van der Waals surface area (Å²) in [4.78, 5) is 12.0. The fourth-order valence-electron chi connectivity index (χ4n) is 2.17. The van der Waals surface area contributed by atoms with Crippen LogP contribution in [0.4, 0.5) is 13.2 Å². The predicted octanol–water partition coefficient (Wildman–Crippen LogP) is 4.34. The fraction of sp³-hybridized carbons (Fsp3) is 0.500. The van der Waals surface area contributed by atoms with Crippen molar-refractivity contribution in [2.75, 3.05) is 18.1 Å². The van der Waals surface area contributed by atoms with E-state index in [9.17, 15) is 18.0 Å². The fourth-order valence-corrected chi connectivity index (χ4v) is 3.85. The molecule has 1 saturated heterocycles. The Labute approximate surface area is 134 Å². The van der Waals surface area contributed by atoms with E-state index in [0.29, 0.717) is 12.5 Å². The molecule has 0 aromatic heterocycles. The van der Waals surface area contributed by atoms with Crippen LogP contribution in [0.2, 0.25) is 0 Å². The van der Waals surface area contributed by atoms with Gasteiger partial charge in [-0.2, -0.15) is 24.9 Å². The van der Waals surface area contributed by atoms with Crippen molar-refractivity contribution in [1.82, 2.24) is 5.32 Å². The van der Waals surface area contributed by atoms with Gasteiger partial charge in [-0.05, 0) is 48.5 Å². The van der Waals surface area contributed by atoms with Gasteiger partial charge in [0.25, 0.3) is 5.91 Å². The second-order valence-electron chi connectivity index (χ2n) is 4.96. The molecule has 2 nitrogen and oxygen atoms in total. The molecule has 0 bridgehead atoms. The first-order valence-electron chi connectivity index (χ1n) is 6.60. The Bertz CT molecular complexity index is 515. The Morgan fingerprint density at radius 3 is 2.62 bits per heavy atom. The number of halogens is 4. The SMILES string of the molecule is O=C(NCC1CCSCC1)c1ccc(Br)c(C(F)(F)F)c1. The molecule has 1 N–H and O–H groups in total. The van der Waals surface area contributed by atoms with Crippen molar-refractivity contribution in [3.05, 3.63) is 33.8 Å². The molecule has 1 aromatic rings. The third kappa shape index (κ3) is 4.64. The number of carbonyl (C=O) groups is 1. The number of hydrogen-bond acceptors (Lipinski definition) is 2. The van der Waals surface area contributed by atoms with Gasteiger partial charge in [0.05, 0.1) is 5.56 Å². The largest absolute Gasteiger partial charge is 0.417 e. The van der Waals surface area contributed by atoms with Gasteiger partial charge in [0.1, 0.15) is 0 Å². The maximum Gasteiger partial charge on any atom is 0.417 e. The van der Waals surface area contributed by atoms with Gasteiger partial charge in [0.15, 0.2) is 0 Å². The molecular formula is C14H15BrF3NOS. The van der Waals surface area contributed by atoms with E-state index in [-0.39, 0.29) is 10.0 Å². The Morgan fingerprint density at radius 1 is 1.33 bits per heavy atom. The smallest absolute Gasteiger partial charge is 0.352 e. The number of rotatable bonds is 3. The third-order valence-electron chi connectivity index (χ3n) is 3.43. The molecule has 1 amide bonds. The summed E-state index contributed by atoms with van der Waals surface area (Å²) in [7, 11) is 0. The van der Waals surface area contributed by atoms with E-state index in [4.69, 9.17) is 0 Å². The molecule has 1 aliphatic rings. The van der Waals surface area contributed by atoms with Gasteiger partial charge in [0.2, 0.25) is 0 Å². The van der Waals surface area contributed by atoms with Crippen LogP contribution in [0.15, 0.2) is 22.7 Å². The molecule has 0 unspecified atom stereocenters. The Morgan fingerprint density at radius 2 is 2.00 bits per heavy atom. The van der Waals surface area contributed by atoms with Crippen LogP contribution in [-0.2, 0) is 6.18 Å². The van der Waals surface area contributed by atoms with Crippen LogP contribution in [0.5, 0.6) is 0 Å². The lowest BCUT2D eigenvalue weighted by atomic mass is 10.0. The molecule has 1 heterocycles. The van der Waals surface area contributed by atoms with Crippen LogP contribution < -0.4 is 5.32 Å². The number of nitrogens with one attached hydrogen (secondary N) is 1. The van der Waals surface area contributed by atoms with Gasteiger partial charge in [-0.1, -0.05) is 15.9 Å². The second kappa shape index (κ2) is 7.05. The number of benzene rings is 1. The predicted molar refractivity (Wildman–Crippen MR) is 81.5 cm³/mol. The molecule has 116 valence electrons. The number of carbonyl (C=O) groups excluding carboxylic acids is 1. The minimum Gasteiger partial charge on any atom is -0.352 e. The Balaban J connectivity index is 2.02. The van der Waals surface area contributed by atoms with E-state index >= 15 is 0 Å². The van der Waals surface area contributed by atoms with Crippen molar-refractivity contribution in [2.45, 2.75) is 19.0 Å². The Kier molecular flexibility index (Phi) is 5.60. The molecule has 7 heteroatoms. The summed E-state index contributed by atoms with van der Waals surface area (Å²) in [6.45, 7) is 0.525. The number of hydrogen-bond donors (Lipinski definition) is 1. The summed E-state index contributed by atoms with van der Waals surface area (Å²) in [6, 6.07) is 3.54. The zero-order valence-corrected chi connectivity index (χ0v) is 13.6. The van der Waals surface area contributed by atoms with Gasteiger partial charge in [-0.3, -0.25) is 4.79 Å². The topological polar surface area (TPSA) is 29.1 Å². The first-order valence-corrected chi connectivity index (χ1v) is 8.55. The zero-order valence-electron chi connectivity index (χ0n) is 11.2. The molecule has 0 radical (unpaired) electrons. The van der Waals surface area contributed by atoms with Crippen molar-refractivity contribution in [1.29, 1.82) is 0 Å². The van der Waals surface area contributed by atoms with Crippen molar-refractivity contribution < 1.29 is 18.0 Å². The molecule has 0 spiro atoms. The van der Waals surface area contributed by atoms with Gasteiger partial charge >= 0.3 is 6.18 Å². The highest BCUT2D eigenvalue weighted by Gasteiger charge is 2.33. The lowest BCUT2D eigenvalue weighted by Crippen LogP contribution is -2.31. The van der Waals surface area contributed by atoms with Gasteiger partial charge in [-0.25, -0.2) is 0 Å². The van der Waals surface area contributed by atoms with Crippen LogP contribution in [-0.4, -0.2) is 24.0 Å². The maximum absolute atomic E-state index is 12.8. The van der Waals surface area contributed by atoms with Crippen molar-refractivity contribution in [3.63, 3.8) is 0 Å². The Hall–Kier alpha value is -0.690. The zero-order chi connectivity index (χ0) is 15.5. The highest BCUT2D eigenvalue weighted by molar-refractivity contribution is 9.10. The van der Waals surface area contributed by atoms with Crippen LogP contribution in [0, 0.1) is 5.92 Å². The lowest BCUT2D eigenvalue weighted by molar-refractivity contribution is -0.138. The van der Waals surface area contributed by atoms with E-state index in [1.165, 1.54) is 12.1 Å². The first-order chi connectivity index (χ1) is 9.88. The van der Waals surface area contributed by atoms with Crippen molar-refractivity contribution >= 4 is 33.6 Å². The average Bonchev–Trinajstić information content (AvgIpc) is 2.45. The molecule has 21 heavy (non-hydrogen) atoms. The average molecular weight is 382 g/mol. The molecule has 0 saturated carbocycles. The minimum atomic E-state index is -4.48. The van der Waals surface area contributed by atoms with E-state index in [1.54, 1.807) is 0 Å². The molecule has 1 aliphatic heterocycles. The van der Waals surface area contributed by atoms with E-state index in [2.05, 4.69) is 21.2 Å². The van der Waals surface area contributed by atoms with Crippen LogP contribution in [0.3, 0.4) is 0 Å². The number of amides is 1. The van der Waals surface area contributed by atoms with Crippen LogP contribution in [0.25, 0.3) is 0 Å². The standard InChI is InChI=1S/C14H15BrF3NOS/c15-12-2-1-10(7-11(12)14(16,17)18)13(20)19-8-9-3-5-21-6-4-9/h1-2,7,9H,3-6,8H2,(H,19,20). The van der Waals surface area contributed by atoms with Crippen LogP contribution in [0.1, 0.15) is 28.8 Å². The first kappa shape index (κ1) is 16.7. The second-order valence-corrected chi connectivity index (χ2v) is 7.04. The monoisotopic (exact) mass is 381 g/mol. The summed E-state index contributed by atoms with van der Waals surface area (Å²) < 4.78 is 38.4. The molecule has 0 aliphatic carbocycles.